The van der Waals surface area contributed by atoms with Crippen molar-refractivity contribution in [3.8, 4) is 5.75 Å². The molecular formula is C17H26N2O3. The Kier molecular flexibility index (Phi) is 7.03. The van der Waals surface area contributed by atoms with Crippen LogP contribution in [-0.2, 0) is 4.74 Å². The monoisotopic (exact) mass is 306 g/mol. The van der Waals surface area contributed by atoms with E-state index in [0.29, 0.717) is 18.9 Å². The summed E-state index contributed by atoms with van der Waals surface area (Å²) in [6.45, 7) is 6.34. The van der Waals surface area contributed by atoms with Gasteiger partial charge < -0.3 is 14.4 Å². The first-order valence-corrected chi connectivity index (χ1v) is 8.17. The Morgan fingerprint density at radius 1 is 1.27 bits per heavy atom. The van der Waals surface area contributed by atoms with Crippen LogP contribution in [0.3, 0.4) is 0 Å². The summed E-state index contributed by atoms with van der Waals surface area (Å²) in [5.74, 6) is 0.741. The zero-order chi connectivity index (χ0) is 15.6. The number of likely N-dealkylation sites (tertiary alicyclic amines) is 1. The van der Waals surface area contributed by atoms with Crippen LogP contribution < -0.4 is 10.1 Å². The summed E-state index contributed by atoms with van der Waals surface area (Å²) in [5, 5.41) is 2.72. The molecule has 1 aliphatic rings. The van der Waals surface area contributed by atoms with Crippen LogP contribution in [0.15, 0.2) is 24.3 Å². The van der Waals surface area contributed by atoms with Gasteiger partial charge in [0.1, 0.15) is 5.75 Å². The van der Waals surface area contributed by atoms with E-state index in [0.717, 1.165) is 18.7 Å². The van der Waals surface area contributed by atoms with Crippen LogP contribution >= 0.6 is 0 Å². The molecule has 1 amide bonds. The molecule has 1 heterocycles. The van der Waals surface area contributed by atoms with E-state index in [1.807, 2.05) is 25.1 Å². The third-order valence-corrected chi connectivity index (χ3v) is 3.69. The van der Waals surface area contributed by atoms with Crippen LogP contribution in [-0.4, -0.2) is 43.8 Å². The summed E-state index contributed by atoms with van der Waals surface area (Å²) < 4.78 is 10.6. The van der Waals surface area contributed by atoms with Crippen molar-refractivity contribution in [2.24, 2.45) is 0 Å². The minimum absolute atomic E-state index is 0.410. The Morgan fingerprint density at radius 3 is 2.86 bits per heavy atom. The minimum Gasteiger partial charge on any atom is -0.494 e. The molecule has 122 valence electrons. The number of ether oxygens (including phenoxy) is 2. The van der Waals surface area contributed by atoms with Crippen LogP contribution in [0.4, 0.5) is 10.5 Å². The van der Waals surface area contributed by atoms with E-state index in [4.69, 9.17) is 9.47 Å². The van der Waals surface area contributed by atoms with Gasteiger partial charge in [0.25, 0.3) is 0 Å². The number of hydrogen-bond donors (Lipinski definition) is 1. The zero-order valence-electron chi connectivity index (χ0n) is 13.3. The van der Waals surface area contributed by atoms with Gasteiger partial charge in [0.05, 0.1) is 13.2 Å². The molecule has 5 heteroatoms. The molecule has 0 aliphatic carbocycles. The van der Waals surface area contributed by atoms with Gasteiger partial charge in [-0.1, -0.05) is 12.5 Å². The largest absolute Gasteiger partial charge is 0.494 e. The average Bonchev–Trinajstić information content (AvgIpc) is 2.53. The number of amides is 1. The van der Waals surface area contributed by atoms with Gasteiger partial charge in [0.2, 0.25) is 0 Å². The Morgan fingerprint density at radius 2 is 2.09 bits per heavy atom. The molecule has 1 N–H and O–H groups in total. The van der Waals surface area contributed by atoms with Crippen molar-refractivity contribution in [2.75, 3.05) is 38.2 Å². The van der Waals surface area contributed by atoms with Gasteiger partial charge in [-0.25, -0.2) is 4.79 Å². The van der Waals surface area contributed by atoms with Crippen LogP contribution in [0, 0.1) is 0 Å². The van der Waals surface area contributed by atoms with Gasteiger partial charge in [-0.3, -0.25) is 5.32 Å². The van der Waals surface area contributed by atoms with Crippen molar-refractivity contribution < 1.29 is 14.3 Å². The first kappa shape index (κ1) is 16.6. The number of hydrogen-bond acceptors (Lipinski definition) is 4. The Hall–Kier alpha value is -1.75. The third-order valence-electron chi connectivity index (χ3n) is 3.69. The molecule has 2 rings (SSSR count). The zero-order valence-corrected chi connectivity index (χ0v) is 13.3. The molecule has 0 spiro atoms. The quantitative estimate of drug-likeness (QED) is 0.783. The highest BCUT2D eigenvalue weighted by Crippen LogP contribution is 2.17. The molecule has 1 aromatic rings. The van der Waals surface area contributed by atoms with Gasteiger partial charge in [0.15, 0.2) is 0 Å². The third kappa shape index (κ3) is 5.93. The van der Waals surface area contributed by atoms with E-state index in [2.05, 4.69) is 10.2 Å². The fourth-order valence-corrected chi connectivity index (χ4v) is 2.62. The highest BCUT2D eigenvalue weighted by molar-refractivity contribution is 5.84. The maximum Gasteiger partial charge on any atom is 0.411 e. The minimum atomic E-state index is -0.410. The standard InChI is InChI=1S/C17H26N2O3/c1-2-21-16-9-6-8-15(14-16)18-17(20)22-13-7-12-19-10-4-3-5-11-19/h6,8-9,14H,2-5,7,10-13H2,1H3,(H,18,20). The summed E-state index contributed by atoms with van der Waals surface area (Å²) in [7, 11) is 0. The van der Waals surface area contributed by atoms with Crippen molar-refractivity contribution >= 4 is 11.8 Å². The molecule has 5 nitrogen and oxygen atoms in total. The average molecular weight is 306 g/mol. The summed E-state index contributed by atoms with van der Waals surface area (Å²) in [5.41, 5.74) is 0.687. The molecule has 0 unspecified atom stereocenters. The lowest BCUT2D eigenvalue weighted by Gasteiger charge is -2.26. The number of piperidine rings is 1. The summed E-state index contributed by atoms with van der Waals surface area (Å²) in [4.78, 5) is 14.2. The summed E-state index contributed by atoms with van der Waals surface area (Å²) in [6.07, 6.45) is 4.39. The molecule has 1 aliphatic heterocycles. The van der Waals surface area contributed by atoms with E-state index >= 15 is 0 Å². The van der Waals surface area contributed by atoms with E-state index in [1.165, 1.54) is 32.4 Å². The van der Waals surface area contributed by atoms with E-state index < -0.39 is 6.09 Å². The second kappa shape index (κ2) is 9.30. The molecule has 0 radical (unpaired) electrons. The number of nitrogens with one attached hydrogen (secondary N) is 1. The Bertz CT molecular complexity index is 459. The maximum absolute atomic E-state index is 11.7. The van der Waals surface area contributed by atoms with E-state index in [9.17, 15) is 4.79 Å². The molecule has 1 fully saturated rings. The summed E-state index contributed by atoms with van der Waals surface area (Å²) in [6, 6.07) is 7.31. The first-order valence-electron chi connectivity index (χ1n) is 8.17. The van der Waals surface area contributed by atoms with Crippen molar-refractivity contribution in [2.45, 2.75) is 32.6 Å². The molecular weight excluding hydrogens is 280 g/mol. The van der Waals surface area contributed by atoms with Crippen molar-refractivity contribution in [3.63, 3.8) is 0 Å². The van der Waals surface area contributed by atoms with Gasteiger partial charge in [-0.05, 0) is 51.4 Å². The van der Waals surface area contributed by atoms with Crippen LogP contribution in [0.1, 0.15) is 32.6 Å². The first-order chi connectivity index (χ1) is 10.8. The topological polar surface area (TPSA) is 50.8 Å². The molecule has 0 saturated carbocycles. The number of anilines is 1. The lowest BCUT2D eigenvalue weighted by molar-refractivity contribution is 0.148. The molecule has 0 atom stereocenters. The maximum atomic E-state index is 11.7. The molecule has 0 bridgehead atoms. The fourth-order valence-electron chi connectivity index (χ4n) is 2.62. The highest BCUT2D eigenvalue weighted by atomic mass is 16.5. The predicted molar refractivity (Wildman–Crippen MR) is 87.5 cm³/mol. The van der Waals surface area contributed by atoms with Crippen LogP contribution in [0.2, 0.25) is 0 Å². The van der Waals surface area contributed by atoms with Crippen LogP contribution in [0.5, 0.6) is 5.75 Å². The SMILES string of the molecule is CCOc1cccc(NC(=O)OCCCN2CCCCC2)c1. The fraction of sp³-hybridized carbons (Fsp3) is 0.588. The smallest absolute Gasteiger partial charge is 0.411 e. The van der Waals surface area contributed by atoms with Crippen LogP contribution in [0.25, 0.3) is 0 Å². The number of nitrogens with zero attached hydrogens (tertiary/aromatic N) is 1. The number of carbonyl (C=O) groups is 1. The normalized spacial score (nSPS) is 15.3. The highest BCUT2D eigenvalue weighted by Gasteiger charge is 2.10. The number of rotatable bonds is 7. The molecule has 1 saturated heterocycles. The van der Waals surface area contributed by atoms with Gasteiger partial charge in [-0.15, -0.1) is 0 Å². The number of carbonyl (C=O) groups excluding carboxylic acids is 1. The Labute approximate surface area is 132 Å². The van der Waals surface area contributed by atoms with Gasteiger partial charge in [-0.2, -0.15) is 0 Å². The van der Waals surface area contributed by atoms with Gasteiger partial charge >= 0.3 is 6.09 Å². The van der Waals surface area contributed by atoms with Crippen molar-refractivity contribution in [1.29, 1.82) is 0 Å². The van der Waals surface area contributed by atoms with E-state index in [1.54, 1.807) is 6.07 Å². The lowest BCUT2D eigenvalue weighted by atomic mass is 10.1. The van der Waals surface area contributed by atoms with Crippen molar-refractivity contribution in [1.82, 2.24) is 4.90 Å². The van der Waals surface area contributed by atoms with Gasteiger partial charge in [0, 0.05) is 18.3 Å². The van der Waals surface area contributed by atoms with E-state index in [-0.39, 0.29) is 0 Å². The molecule has 22 heavy (non-hydrogen) atoms. The predicted octanol–water partition coefficient (Wildman–Crippen LogP) is 3.51. The molecule has 1 aromatic carbocycles. The Balaban J connectivity index is 1.63. The lowest BCUT2D eigenvalue weighted by Crippen LogP contribution is -2.31. The molecule has 0 aromatic heterocycles. The summed E-state index contributed by atoms with van der Waals surface area (Å²) >= 11 is 0. The number of benzene rings is 1. The second-order valence-electron chi connectivity index (χ2n) is 5.48. The van der Waals surface area contributed by atoms with Crippen molar-refractivity contribution in [3.05, 3.63) is 24.3 Å². The second-order valence-corrected chi connectivity index (χ2v) is 5.48.